The lowest BCUT2D eigenvalue weighted by atomic mass is 10.2. The van der Waals surface area contributed by atoms with Crippen LogP contribution >= 0.6 is 0 Å². The van der Waals surface area contributed by atoms with Crippen LogP contribution in [0.25, 0.3) is 0 Å². The standard InChI is InChI=1S/C34H50N4O3/c1-2-3-4-5-6-7-8-9-10-11-12-13-14-15-16-17-18-19-33(39)35-23-24-36-34(40)31-20-21-32(37-30-31)22-25-38-26-28-41-29-27-38/h3-4,6-7,9-10,12-13,15-16,20-21,30H,2,5,8,11,14,17-19,22-29H2,1H3,(H,35,39)(H,36,40)/b4-3-,7-6-,10-9-,13-12-,16-15-. The van der Waals surface area contributed by atoms with Crippen molar-refractivity contribution in [3.63, 3.8) is 0 Å². The number of carbonyl (C=O) groups excluding carboxylic acids is 2. The molecule has 0 atom stereocenters. The van der Waals surface area contributed by atoms with E-state index in [4.69, 9.17) is 4.74 Å². The summed E-state index contributed by atoms with van der Waals surface area (Å²) in [4.78, 5) is 31.2. The number of allylic oxidation sites excluding steroid dienone is 10. The van der Waals surface area contributed by atoms with Crippen LogP contribution in [0.15, 0.2) is 79.1 Å². The molecule has 0 unspecified atom stereocenters. The van der Waals surface area contributed by atoms with Crippen molar-refractivity contribution in [1.29, 1.82) is 0 Å². The first-order valence-electron chi connectivity index (χ1n) is 15.2. The number of morpholine rings is 1. The molecule has 224 valence electrons. The quantitative estimate of drug-likeness (QED) is 0.157. The van der Waals surface area contributed by atoms with E-state index in [0.717, 1.165) is 89.9 Å². The van der Waals surface area contributed by atoms with Crippen molar-refractivity contribution in [2.24, 2.45) is 0 Å². The molecule has 0 aromatic carbocycles. The van der Waals surface area contributed by atoms with Gasteiger partial charge < -0.3 is 15.4 Å². The predicted molar refractivity (Wildman–Crippen MR) is 169 cm³/mol. The third kappa shape index (κ3) is 17.9. The van der Waals surface area contributed by atoms with Gasteiger partial charge in [-0.2, -0.15) is 0 Å². The van der Waals surface area contributed by atoms with Crippen molar-refractivity contribution in [3.8, 4) is 0 Å². The fourth-order valence-corrected chi connectivity index (χ4v) is 4.12. The number of rotatable bonds is 20. The Kier molecular flexibility index (Phi) is 19.4. The van der Waals surface area contributed by atoms with Gasteiger partial charge in [-0.15, -0.1) is 0 Å². The molecule has 7 nitrogen and oxygen atoms in total. The molecule has 1 fully saturated rings. The van der Waals surface area contributed by atoms with Gasteiger partial charge in [0.2, 0.25) is 5.91 Å². The molecule has 2 N–H and O–H groups in total. The monoisotopic (exact) mass is 562 g/mol. The summed E-state index contributed by atoms with van der Waals surface area (Å²) in [5.41, 5.74) is 1.51. The predicted octanol–water partition coefficient (Wildman–Crippen LogP) is 5.72. The largest absolute Gasteiger partial charge is 0.379 e. The van der Waals surface area contributed by atoms with Crippen molar-refractivity contribution in [2.45, 2.75) is 64.7 Å². The second-order valence-electron chi connectivity index (χ2n) is 9.95. The summed E-state index contributed by atoms with van der Waals surface area (Å²) < 4.78 is 5.37. The molecule has 1 aromatic rings. The third-order valence-corrected chi connectivity index (χ3v) is 6.54. The SMILES string of the molecule is CC/C=C\C/C=C\C/C=C\C/C=C\C/C=C\CCCC(=O)NCCNC(=O)c1ccc(CCN2CCOCC2)nc1. The normalized spacial score (nSPS) is 14.8. The molecule has 1 aliphatic rings. The maximum atomic E-state index is 12.3. The van der Waals surface area contributed by atoms with Crippen LogP contribution in [0.4, 0.5) is 0 Å². The number of aromatic nitrogens is 1. The number of pyridine rings is 1. The summed E-state index contributed by atoms with van der Waals surface area (Å²) in [7, 11) is 0. The second-order valence-corrected chi connectivity index (χ2v) is 9.95. The van der Waals surface area contributed by atoms with Crippen LogP contribution in [0.3, 0.4) is 0 Å². The molecular weight excluding hydrogens is 512 g/mol. The number of nitrogens with one attached hydrogen (secondary N) is 2. The van der Waals surface area contributed by atoms with Crippen LogP contribution in [0, 0.1) is 0 Å². The third-order valence-electron chi connectivity index (χ3n) is 6.54. The highest BCUT2D eigenvalue weighted by molar-refractivity contribution is 5.93. The molecule has 7 heteroatoms. The molecule has 0 saturated carbocycles. The van der Waals surface area contributed by atoms with Crippen LogP contribution in [0.1, 0.15) is 74.3 Å². The average Bonchev–Trinajstić information content (AvgIpc) is 3.00. The number of amides is 2. The second kappa shape index (κ2) is 23.4. The molecule has 2 heterocycles. The lowest BCUT2D eigenvalue weighted by molar-refractivity contribution is -0.121. The van der Waals surface area contributed by atoms with E-state index in [2.05, 4.69) is 88.2 Å². The minimum absolute atomic E-state index is 0.0119. The Morgan fingerprint density at radius 1 is 0.854 bits per heavy atom. The highest BCUT2D eigenvalue weighted by Gasteiger charge is 2.11. The minimum Gasteiger partial charge on any atom is -0.379 e. The topological polar surface area (TPSA) is 83.6 Å². The average molecular weight is 563 g/mol. The summed E-state index contributed by atoms with van der Waals surface area (Å²) in [6.07, 6.45) is 31.4. The molecule has 1 aromatic heterocycles. The molecule has 0 aliphatic carbocycles. The van der Waals surface area contributed by atoms with Gasteiger partial charge in [-0.05, 0) is 57.1 Å². The van der Waals surface area contributed by atoms with E-state index in [1.807, 2.05) is 12.1 Å². The highest BCUT2D eigenvalue weighted by Crippen LogP contribution is 2.04. The summed E-state index contributed by atoms with van der Waals surface area (Å²) in [6.45, 7) is 7.40. The van der Waals surface area contributed by atoms with Crippen molar-refractivity contribution >= 4 is 11.8 Å². The van der Waals surface area contributed by atoms with Crippen molar-refractivity contribution in [1.82, 2.24) is 20.5 Å². The minimum atomic E-state index is -0.176. The Hall–Kier alpha value is -3.29. The molecule has 1 saturated heterocycles. The van der Waals surface area contributed by atoms with Gasteiger partial charge in [-0.25, -0.2) is 0 Å². The highest BCUT2D eigenvalue weighted by atomic mass is 16.5. The Balaban J connectivity index is 1.43. The zero-order valence-electron chi connectivity index (χ0n) is 24.9. The Morgan fingerprint density at radius 2 is 1.46 bits per heavy atom. The smallest absolute Gasteiger partial charge is 0.252 e. The first kappa shape index (κ1) is 33.9. The Bertz CT molecular complexity index is 990. The van der Waals surface area contributed by atoms with Gasteiger partial charge in [-0.3, -0.25) is 19.5 Å². The maximum Gasteiger partial charge on any atom is 0.252 e. The van der Waals surface area contributed by atoms with Crippen LogP contribution < -0.4 is 10.6 Å². The summed E-state index contributed by atoms with van der Waals surface area (Å²) in [5, 5.41) is 5.71. The van der Waals surface area contributed by atoms with Crippen LogP contribution in [0.2, 0.25) is 0 Å². The zero-order chi connectivity index (χ0) is 29.2. The van der Waals surface area contributed by atoms with E-state index in [9.17, 15) is 9.59 Å². The van der Waals surface area contributed by atoms with Gasteiger partial charge in [-0.1, -0.05) is 67.7 Å². The van der Waals surface area contributed by atoms with Gasteiger partial charge in [0.15, 0.2) is 0 Å². The molecule has 0 radical (unpaired) electrons. The van der Waals surface area contributed by atoms with E-state index in [0.29, 0.717) is 25.1 Å². The van der Waals surface area contributed by atoms with Crippen LogP contribution in [0.5, 0.6) is 0 Å². The van der Waals surface area contributed by atoms with Gasteiger partial charge >= 0.3 is 0 Å². The van der Waals surface area contributed by atoms with Crippen molar-refractivity contribution < 1.29 is 14.3 Å². The lowest BCUT2D eigenvalue weighted by Gasteiger charge is -2.26. The number of ether oxygens (including phenoxy) is 1. The molecule has 0 spiro atoms. The summed E-state index contributed by atoms with van der Waals surface area (Å²) in [6, 6.07) is 3.72. The zero-order valence-corrected chi connectivity index (χ0v) is 24.9. The Labute approximate surface area is 247 Å². The lowest BCUT2D eigenvalue weighted by Crippen LogP contribution is -2.37. The molecule has 1 aliphatic heterocycles. The van der Waals surface area contributed by atoms with Gasteiger partial charge in [0.25, 0.3) is 5.91 Å². The fraction of sp³-hybridized carbons (Fsp3) is 0.500. The molecule has 41 heavy (non-hydrogen) atoms. The summed E-state index contributed by atoms with van der Waals surface area (Å²) >= 11 is 0. The van der Waals surface area contributed by atoms with E-state index < -0.39 is 0 Å². The summed E-state index contributed by atoms with van der Waals surface area (Å²) in [5.74, 6) is -0.164. The fourth-order valence-electron chi connectivity index (χ4n) is 4.12. The van der Waals surface area contributed by atoms with Gasteiger partial charge in [0.1, 0.15) is 0 Å². The van der Waals surface area contributed by atoms with Gasteiger partial charge in [0.05, 0.1) is 18.8 Å². The molecule has 0 bridgehead atoms. The van der Waals surface area contributed by atoms with Crippen LogP contribution in [-0.2, 0) is 16.0 Å². The number of nitrogens with zero attached hydrogens (tertiary/aromatic N) is 2. The molecule has 2 amide bonds. The number of hydrogen-bond acceptors (Lipinski definition) is 5. The van der Waals surface area contributed by atoms with Crippen LogP contribution in [-0.4, -0.2) is 67.6 Å². The molecular formula is C34H50N4O3. The molecule has 2 rings (SSSR count). The number of hydrogen-bond donors (Lipinski definition) is 2. The van der Waals surface area contributed by atoms with E-state index in [1.54, 1.807) is 6.20 Å². The number of carbonyl (C=O) groups is 2. The van der Waals surface area contributed by atoms with E-state index >= 15 is 0 Å². The van der Waals surface area contributed by atoms with Crippen molar-refractivity contribution in [2.75, 3.05) is 45.9 Å². The first-order valence-corrected chi connectivity index (χ1v) is 15.2. The maximum absolute atomic E-state index is 12.3. The van der Waals surface area contributed by atoms with Crippen molar-refractivity contribution in [3.05, 3.63) is 90.3 Å². The first-order chi connectivity index (χ1) is 20.2. The van der Waals surface area contributed by atoms with E-state index in [1.165, 1.54) is 0 Å². The Morgan fingerprint density at radius 3 is 2.07 bits per heavy atom. The van der Waals surface area contributed by atoms with Gasteiger partial charge in [0, 0.05) is 57.5 Å². The van der Waals surface area contributed by atoms with E-state index in [-0.39, 0.29) is 11.8 Å². The number of unbranched alkanes of at least 4 members (excludes halogenated alkanes) is 1.